The number of nitrogens with zero attached hydrogens (tertiary/aromatic N) is 2. The van der Waals surface area contributed by atoms with Gasteiger partial charge in [-0.15, -0.1) is 0 Å². The fourth-order valence-corrected chi connectivity index (χ4v) is 2.67. The number of aryl methyl sites for hydroxylation is 3. The van der Waals surface area contributed by atoms with E-state index in [1.54, 1.807) is 7.11 Å². The van der Waals surface area contributed by atoms with Crippen LogP contribution in [0, 0.1) is 13.8 Å². The summed E-state index contributed by atoms with van der Waals surface area (Å²) < 4.78 is 7.24. The van der Waals surface area contributed by atoms with Crippen molar-refractivity contribution in [3.63, 3.8) is 0 Å². The summed E-state index contributed by atoms with van der Waals surface area (Å²) in [5.41, 5.74) is 3.16. The standard InChI is InChI=1S/C18H25N3O2/c1-13-11-15(3)21(20-13)12-14(2)19-18(22)10-9-16-7-5-6-8-17(16)23-4/h5-8,11,14H,9-10,12H2,1-4H3,(H,19,22)/t14-/m0/s1. The molecule has 23 heavy (non-hydrogen) atoms. The smallest absolute Gasteiger partial charge is 0.220 e. The molecule has 5 nitrogen and oxygen atoms in total. The number of methoxy groups -OCH3 is 1. The first-order valence-electron chi connectivity index (χ1n) is 7.92. The summed E-state index contributed by atoms with van der Waals surface area (Å²) in [6.07, 6.45) is 1.12. The Morgan fingerprint density at radius 1 is 1.35 bits per heavy atom. The zero-order chi connectivity index (χ0) is 16.8. The van der Waals surface area contributed by atoms with Crippen molar-refractivity contribution in [2.75, 3.05) is 7.11 Å². The van der Waals surface area contributed by atoms with Gasteiger partial charge in [0.25, 0.3) is 0 Å². The van der Waals surface area contributed by atoms with Gasteiger partial charge in [-0.1, -0.05) is 18.2 Å². The Morgan fingerprint density at radius 2 is 2.09 bits per heavy atom. The van der Waals surface area contributed by atoms with E-state index >= 15 is 0 Å². The van der Waals surface area contributed by atoms with Crippen molar-refractivity contribution in [1.82, 2.24) is 15.1 Å². The Hall–Kier alpha value is -2.30. The topological polar surface area (TPSA) is 56.1 Å². The Morgan fingerprint density at radius 3 is 2.74 bits per heavy atom. The van der Waals surface area contributed by atoms with Crippen LogP contribution in [0.2, 0.25) is 0 Å². The van der Waals surface area contributed by atoms with Crippen molar-refractivity contribution in [2.24, 2.45) is 0 Å². The summed E-state index contributed by atoms with van der Waals surface area (Å²) in [6.45, 7) is 6.67. The van der Waals surface area contributed by atoms with Gasteiger partial charge in [-0.25, -0.2) is 0 Å². The van der Waals surface area contributed by atoms with Gasteiger partial charge >= 0.3 is 0 Å². The van der Waals surface area contributed by atoms with Crippen LogP contribution in [0.25, 0.3) is 0 Å². The molecule has 0 saturated carbocycles. The highest BCUT2D eigenvalue weighted by molar-refractivity contribution is 5.76. The van der Waals surface area contributed by atoms with Gasteiger partial charge in [0.05, 0.1) is 19.3 Å². The molecular weight excluding hydrogens is 290 g/mol. The first kappa shape index (κ1) is 17.1. The van der Waals surface area contributed by atoms with Crippen molar-refractivity contribution in [1.29, 1.82) is 0 Å². The Labute approximate surface area is 137 Å². The molecule has 1 N–H and O–H groups in total. The summed E-state index contributed by atoms with van der Waals surface area (Å²) in [5, 5.41) is 7.45. The van der Waals surface area contributed by atoms with Crippen molar-refractivity contribution in [3.8, 4) is 5.75 Å². The number of nitrogens with one attached hydrogen (secondary N) is 1. The molecule has 0 bridgehead atoms. The normalized spacial score (nSPS) is 12.0. The summed E-state index contributed by atoms with van der Waals surface area (Å²) in [4.78, 5) is 12.1. The lowest BCUT2D eigenvalue weighted by Crippen LogP contribution is -2.36. The lowest BCUT2D eigenvalue weighted by molar-refractivity contribution is -0.121. The van der Waals surface area contributed by atoms with Crippen LogP contribution in [0.5, 0.6) is 5.75 Å². The highest BCUT2D eigenvalue weighted by atomic mass is 16.5. The predicted molar refractivity (Wildman–Crippen MR) is 90.6 cm³/mol. The van der Waals surface area contributed by atoms with Crippen LogP contribution in [0.4, 0.5) is 0 Å². The average Bonchev–Trinajstić information content (AvgIpc) is 2.82. The first-order chi connectivity index (χ1) is 11.0. The zero-order valence-electron chi connectivity index (χ0n) is 14.3. The second-order valence-electron chi connectivity index (χ2n) is 5.89. The summed E-state index contributed by atoms with van der Waals surface area (Å²) in [5.74, 6) is 0.876. The van der Waals surface area contributed by atoms with Gasteiger partial charge in [-0.05, 0) is 44.9 Å². The highest BCUT2D eigenvalue weighted by Gasteiger charge is 2.11. The molecule has 1 amide bonds. The number of amides is 1. The quantitative estimate of drug-likeness (QED) is 0.854. The van der Waals surface area contributed by atoms with E-state index in [9.17, 15) is 4.79 Å². The van der Waals surface area contributed by atoms with Crippen molar-refractivity contribution >= 4 is 5.91 Å². The van der Waals surface area contributed by atoms with E-state index in [4.69, 9.17) is 4.74 Å². The second kappa shape index (κ2) is 7.81. The fourth-order valence-electron chi connectivity index (χ4n) is 2.67. The van der Waals surface area contributed by atoms with Crippen LogP contribution in [0.1, 0.15) is 30.3 Å². The number of hydrogen-bond donors (Lipinski definition) is 1. The fraction of sp³-hybridized carbons (Fsp3) is 0.444. The van der Waals surface area contributed by atoms with Crippen LogP contribution in [-0.2, 0) is 17.8 Å². The lowest BCUT2D eigenvalue weighted by atomic mass is 10.1. The van der Waals surface area contributed by atoms with E-state index in [2.05, 4.69) is 10.4 Å². The van der Waals surface area contributed by atoms with Crippen molar-refractivity contribution in [2.45, 2.75) is 46.2 Å². The van der Waals surface area contributed by atoms with E-state index in [0.29, 0.717) is 19.4 Å². The van der Waals surface area contributed by atoms with Crippen LogP contribution < -0.4 is 10.1 Å². The number of para-hydroxylation sites is 1. The van der Waals surface area contributed by atoms with Gasteiger partial charge in [-0.3, -0.25) is 9.48 Å². The van der Waals surface area contributed by atoms with E-state index in [-0.39, 0.29) is 11.9 Å². The molecule has 0 aliphatic carbocycles. The minimum Gasteiger partial charge on any atom is -0.496 e. The maximum atomic E-state index is 12.1. The van der Waals surface area contributed by atoms with Crippen LogP contribution in [-0.4, -0.2) is 28.8 Å². The Kier molecular flexibility index (Phi) is 5.79. The summed E-state index contributed by atoms with van der Waals surface area (Å²) in [6, 6.07) is 9.87. The molecule has 0 radical (unpaired) electrons. The summed E-state index contributed by atoms with van der Waals surface area (Å²) >= 11 is 0. The third-order valence-electron chi connectivity index (χ3n) is 3.77. The monoisotopic (exact) mass is 315 g/mol. The van der Waals surface area contributed by atoms with Gasteiger partial charge in [0.15, 0.2) is 0 Å². The highest BCUT2D eigenvalue weighted by Crippen LogP contribution is 2.18. The number of carbonyl (C=O) groups is 1. The molecule has 1 heterocycles. The third kappa shape index (κ3) is 4.84. The van der Waals surface area contributed by atoms with Crippen molar-refractivity contribution in [3.05, 3.63) is 47.3 Å². The zero-order valence-corrected chi connectivity index (χ0v) is 14.3. The molecule has 124 valence electrons. The predicted octanol–water partition coefficient (Wildman–Crippen LogP) is 2.65. The van der Waals surface area contributed by atoms with Gasteiger partial charge in [0.2, 0.25) is 5.91 Å². The molecule has 5 heteroatoms. The van der Waals surface area contributed by atoms with Crippen LogP contribution in [0.15, 0.2) is 30.3 Å². The van der Waals surface area contributed by atoms with Gasteiger partial charge in [-0.2, -0.15) is 5.10 Å². The number of rotatable bonds is 7. The lowest BCUT2D eigenvalue weighted by Gasteiger charge is -2.15. The number of aromatic nitrogens is 2. The molecule has 2 aromatic rings. The Bertz CT molecular complexity index is 664. The Balaban J connectivity index is 1.83. The minimum atomic E-state index is 0.0400. The van der Waals surface area contributed by atoms with Crippen LogP contribution >= 0.6 is 0 Å². The van der Waals surface area contributed by atoms with E-state index < -0.39 is 0 Å². The van der Waals surface area contributed by atoms with E-state index in [1.807, 2.05) is 55.8 Å². The molecule has 0 aliphatic rings. The molecule has 1 atom stereocenters. The molecule has 2 rings (SSSR count). The molecule has 0 fully saturated rings. The molecule has 0 saturated heterocycles. The van der Waals surface area contributed by atoms with Crippen LogP contribution in [0.3, 0.4) is 0 Å². The number of carbonyl (C=O) groups excluding carboxylic acids is 1. The molecule has 0 aliphatic heterocycles. The number of ether oxygens (including phenoxy) is 1. The van der Waals surface area contributed by atoms with E-state index in [1.165, 1.54) is 0 Å². The number of hydrogen-bond acceptors (Lipinski definition) is 3. The van der Waals surface area contributed by atoms with Crippen molar-refractivity contribution < 1.29 is 9.53 Å². The maximum Gasteiger partial charge on any atom is 0.220 e. The van der Waals surface area contributed by atoms with Gasteiger partial charge < -0.3 is 10.1 Å². The first-order valence-corrected chi connectivity index (χ1v) is 7.92. The molecule has 1 aromatic heterocycles. The average molecular weight is 315 g/mol. The maximum absolute atomic E-state index is 12.1. The second-order valence-corrected chi connectivity index (χ2v) is 5.89. The molecule has 1 aromatic carbocycles. The number of benzene rings is 1. The SMILES string of the molecule is COc1ccccc1CCC(=O)N[C@@H](C)Cn1nc(C)cc1C. The third-order valence-corrected chi connectivity index (χ3v) is 3.77. The van der Waals surface area contributed by atoms with E-state index in [0.717, 1.165) is 22.7 Å². The molecular formula is C18H25N3O2. The van der Waals surface area contributed by atoms with Gasteiger partial charge in [0, 0.05) is 18.2 Å². The minimum absolute atomic E-state index is 0.0400. The molecule has 0 spiro atoms. The largest absolute Gasteiger partial charge is 0.496 e. The molecule has 0 unspecified atom stereocenters. The summed E-state index contributed by atoms with van der Waals surface area (Å²) in [7, 11) is 1.65. The van der Waals surface area contributed by atoms with Gasteiger partial charge in [0.1, 0.15) is 5.75 Å².